The predicted molar refractivity (Wildman–Crippen MR) is 72.1 cm³/mol. The molecule has 0 aliphatic heterocycles. The number of nitrogens with zero attached hydrogens (tertiary/aromatic N) is 1. The molecule has 0 spiro atoms. The molecule has 0 aromatic heterocycles. The molecule has 0 bridgehead atoms. The number of rotatable bonds is 4. The standard InChI is InChI=1S/C14H21FN2O/c1-10(2)8-11(3)17(4)14(18)16-13-7-5-6-12(15)9-13/h5-7,9-11H,8H2,1-4H3,(H,16,18). The van der Waals surface area contributed by atoms with Crippen molar-refractivity contribution < 1.29 is 9.18 Å². The van der Waals surface area contributed by atoms with E-state index in [0.717, 1.165) is 6.42 Å². The van der Waals surface area contributed by atoms with Crippen LogP contribution in [0.1, 0.15) is 27.2 Å². The number of hydrogen-bond acceptors (Lipinski definition) is 1. The Morgan fingerprint density at radius 2 is 2.06 bits per heavy atom. The zero-order chi connectivity index (χ0) is 13.7. The average Bonchev–Trinajstić information content (AvgIpc) is 2.27. The zero-order valence-corrected chi connectivity index (χ0v) is 11.4. The Bertz CT molecular complexity index is 407. The number of urea groups is 1. The normalized spacial score (nSPS) is 12.3. The van der Waals surface area contributed by atoms with Gasteiger partial charge in [0.05, 0.1) is 0 Å². The molecule has 3 nitrogen and oxygen atoms in total. The maximum atomic E-state index is 13.0. The van der Waals surface area contributed by atoms with Gasteiger partial charge in [-0.25, -0.2) is 9.18 Å². The zero-order valence-electron chi connectivity index (χ0n) is 11.4. The molecular formula is C14H21FN2O. The van der Waals surface area contributed by atoms with Gasteiger partial charge in [0.2, 0.25) is 0 Å². The lowest BCUT2D eigenvalue weighted by molar-refractivity contribution is 0.200. The number of carbonyl (C=O) groups excluding carboxylic acids is 1. The van der Waals surface area contributed by atoms with E-state index < -0.39 is 0 Å². The van der Waals surface area contributed by atoms with Gasteiger partial charge in [0, 0.05) is 18.8 Å². The highest BCUT2D eigenvalue weighted by molar-refractivity contribution is 5.89. The summed E-state index contributed by atoms with van der Waals surface area (Å²) in [6, 6.07) is 5.83. The summed E-state index contributed by atoms with van der Waals surface area (Å²) in [6.45, 7) is 6.24. The third-order valence-electron chi connectivity index (χ3n) is 2.87. The quantitative estimate of drug-likeness (QED) is 0.870. The molecule has 0 heterocycles. The second kappa shape index (κ2) is 6.38. The van der Waals surface area contributed by atoms with E-state index in [2.05, 4.69) is 19.2 Å². The molecule has 0 aliphatic carbocycles. The predicted octanol–water partition coefficient (Wildman–Crippen LogP) is 3.72. The average molecular weight is 252 g/mol. The van der Waals surface area contributed by atoms with Gasteiger partial charge in [-0.2, -0.15) is 0 Å². The Labute approximate surface area is 108 Å². The van der Waals surface area contributed by atoms with Gasteiger partial charge in [-0.1, -0.05) is 19.9 Å². The molecule has 4 heteroatoms. The van der Waals surface area contributed by atoms with Crippen molar-refractivity contribution >= 4 is 11.7 Å². The molecule has 1 N–H and O–H groups in total. The van der Waals surface area contributed by atoms with Gasteiger partial charge < -0.3 is 10.2 Å². The first-order valence-electron chi connectivity index (χ1n) is 6.19. The van der Waals surface area contributed by atoms with Gasteiger partial charge in [0.25, 0.3) is 0 Å². The van der Waals surface area contributed by atoms with E-state index in [-0.39, 0.29) is 17.9 Å². The minimum atomic E-state index is -0.356. The van der Waals surface area contributed by atoms with Gasteiger partial charge in [-0.05, 0) is 37.5 Å². The third-order valence-corrected chi connectivity index (χ3v) is 2.87. The summed E-state index contributed by atoms with van der Waals surface area (Å²) < 4.78 is 13.0. The van der Waals surface area contributed by atoms with Crippen LogP contribution < -0.4 is 5.32 Å². The number of halogens is 1. The summed E-state index contributed by atoms with van der Waals surface area (Å²) in [5.41, 5.74) is 0.476. The number of amides is 2. The molecule has 0 radical (unpaired) electrons. The van der Waals surface area contributed by atoms with Crippen molar-refractivity contribution in [3.63, 3.8) is 0 Å². The first-order chi connectivity index (χ1) is 8.40. The van der Waals surface area contributed by atoms with Crippen LogP contribution in [0.4, 0.5) is 14.9 Å². The summed E-state index contributed by atoms with van der Waals surface area (Å²) in [5, 5.41) is 2.68. The first kappa shape index (κ1) is 14.5. The second-order valence-electron chi connectivity index (χ2n) is 5.03. The monoisotopic (exact) mass is 252 g/mol. The van der Waals surface area contributed by atoms with Crippen LogP contribution >= 0.6 is 0 Å². The van der Waals surface area contributed by atoms with Crippen molar-refractivity contribution in [2.75, 3.05) is 12.4 Å². The lowest BCUT2D eigenvalue weighted by Crippen LogP contribution is -2.38. The van der Waals surface area contributed by atoms with Gasteiger partial charge in [0.15, 0.2) is 0 Å². The van der Waals surface area contributed by atoms with Crippen LogP contribution in [0.3, 0.4) is 0 Å². The Kier molecular flexibility index (Phi) is 5.13. The number of hydrogen-bond donors (Lipinski definition) is 1. The number of benzene rings is 1. The van der Waals surface area contributed by atoms with E-state index >= 15 is 0 Å². The van der Waals surface area contributed by atoms with Crippen LogP contribution in [0, 0.1) is 11.7 Å². The molecule has 0 saturated carbocycles. The molecule has 0 fully saturated rings. The fraction of sp³-hybridized carbons (Fsp3) is 0.500. The van der Waals surface area contributed by atoms with E-state index in [0.29, 0.717) is 11.6 Å². The van der Waals surface area contributed by atoms with Crippen LogP contribution in [-0.4, -0.2) is 24.0 Å². The van der Waals surface area contributed by atoms with E-state index in [1.165, 1.54) is 12.1 Å². The maximum Gasteiger partial charge on any atom is 0.321 e. The summed E-state index contributed by atoms with van der Waals surface area (Å²) in [6.07, 6.45) is 0.938. The van der Waals surface area contributed by atoms with E-state index in [1.807, 2.05) is 6.92 Å². The second-order valence-corrected chi connectivity index (χ2v) is 5.03. The summed E-state index contributed by atoms with van der Waals surface area (Å²) in [5.74, 6) is 0.176. The molecule has 0 saturated heterocycles. The highest BCUT2D eigenvalue weighted by Gasteiger charge is 2.16. The van der Waals surface area contributed by atoms with Crippen molar-refractivity contribution in [3.8, 4) is 0 Å². The lowest BCUT2D eigenvalue weighted by Gasteiger charge is -2.26. The first-order valence-corrected chi connectivity index (χ1v) is 6.19. The van der Waals surface area contributed by atoms with Gasteiger partial charge in [0.1, 0.15) is 5.82 Å². The largest absolute Gasteiger partial charge is 0.325 e. The Balaban J connectivity index is 2.59. The Hall–Kier alpha value is -1.58. The molecule has 1 atom stereocenters. The molecule has 1 aromatic rings. The number of anilines is 1. The van der Waals surface area contributed by atoms with Crippen LogP contribution in [0.15, 0.2) is 24.3 Å². The molecule has 100 valence electrons. The Morgan fingerprint density at radius 3 is 2.61 bits per heavy atom. The highest BCUT2D eigenvalue weighted by atomic mass is 19.1. The summed E-state index contributed by atoms with van der Waals surface area (Å²) >= 11 is 0. The highest BCUT2D eigenvalue weighted by Crippen LogP contribution is 2.13. The van der Waals surface area contributed by atoms with Gasteiger partial charge in [-0.15, -0.1) is 0 Å². The van der Waals surface area contributed by atoms with Crippen molar-refractivity contribution in [2.24, 2.45) is 5.92 Å². The van der Waals surface area contributed by atoms with Crippen LogP contribution in [0.25, 0.3) is 0 Å². The van der Waals surface area contributed by atoms with Crippen molar-refractivity contribution in [2.45, 2.75) is 33.2 Å². The maximum absolute atomic E-state index is 13.0. The number of carbonyl (C=O) groups is 1. The molecule has 1 rings (SSSR count). The van der Waals surface area contributed by atoms with Gasteiger partial charge in [-0.3, -0.25) is 0 Å². The summed E-state index contributed by atoms with van der Waals surface area (Å²) in [4.78, 5) is 13.6. The third kappa shape index (κ3) is 4.35. The number of nitrogens with one attached hydrogen (secondary N) is 1. The molecule has 1 unspecified atom stereocenters. The lowest BCUT2D eigenvalue weighted by atomic mass is 10.0. The smallest absolute Gasteiger partial charge is 0.321 e. The molecule has 18 heavy (non-hydrogen) atoms. The van der Waals surface area contributed by atoms with E-state index in [1.54, 1.807) is 24.1 Å². The van der Waals surface area contributed by atoms with E-state index in [4.69, 9.17) is 0 Å². The van der Waals surface area contributed by atoms with Crippen molar-refractivity contribution in [1.82, 2.24) is 4.90 Å². The summed E-state index contributed by atoms with van der Waals surface area (Å²) in [7, 11) is 1.75. The van der Waals surface area contributed by atoms with Crippen LogP contribution in [-0.2, 0) is 0 Å². The molecule has 2 amide bonds. The molecule has 0 aliphatic rings. The Morgan fingerprint density at radius 1 is 1.39 bits per heavy atom. The molecular weight excluding hydrogens is 231 g/mol. The molecule has 1 aromatic carbocycles. The minimum absolute atomic E-state index is 0.151. The minimum Gasteiger partial charge on any atom is -0.325 e. The van der Waals surface area contributed by atoms with Crippen LogP contribution in [0.5, 0.6) is 0 Å². The van der Waals surface area contributed by atoms with Gasteiger partial charge >= 0.3 is 6.03 Å². The van der Waals surface area contributed by atoms with Crippen molar-refractivity contribution in [3.05, 3.63) is 30.1 Å². The topological polar surface area (TPSA) is 32.3 Å². The fourth-order valence-electron chi connectivity index (χ4n) is 1.82. The van der Waals surface area contributed by atoms with Crippen LogP contribution in [0.2, 0.25) is 0 Å². The fourth-order valence-corrected chi connectivity index (χ4v) is 1.82. The van der Waals surface area contributed by atoms with E-state index in [9.17, 15) is 9.18 Å². The SMILES string of the molecule is CC(C)CC(C)N(C)C(=O)Nc1cccc(F)c1. The van der Waals surface area contributed by atoms with Crippen molar-refractivity contribution in [1.29, 1.82) is 0 Å².